The lowest BCUT2D eigenvalue weighted by atomic mass is 10.1. The summed E-state index contributed by atoms with van der Waals surface area (Å²) in [5.74, 6) is 0.336. The van der Waals surface area contributed by atoms with Crippen molar-refractivity contribution in [2.45, 2.75) is 20.5 Å². The van der Waals surface area contributed by atoms with E-state index in [9.17, 15) is 14.9 Å². The maximum absolute atomic E-state index is 12.5. The van der Waals surface area contributed by atoms with Crippen molar-refractivity contribution in [1.82, 2.24) is 10.2 Å². The maximum Gasteiger partial charge on any atom is 0.375 e. The molecule has 0 saturated carbocycles. The van der Waals surface area contributed by atoms with Crippen molar-refractivity contribution in [3.05, 3.63) is 69.8 Å². The zero-order chi connectivity index (χ0) is 22.0. The SMILES string of the molecule is CCOc1ccc2oc(C(=O)OCc3nnc(-c4ccc([N+](=O)[O-])cc4)o3)c(C)c2c1. The Labute approximate surface area is 175 Å². The van der Waals surface area contributed by atoms with E-state index < -0.39 is 10.9 Å². The third-order valence-electron chi connectivity index (χ3n) is 4.52. The zero-order valence-electron chi connectivity index (χ0n) is 16.7. The highest BCUT2D eigenvalue weighted by Crippen LogP contribution is 2.29. The molecular formula is C21H17N3O7. The van der Waals surface area contributed by atoms with Gasteiger partial charge in [0.1, 0.15) is 11.3 Å². The van der Waals surface area contributed by atoms with Gasteiger partial charge in [-0.2, -0.15) is 0 Å². The number of nitro groups is 1. The van der Waals surface area contributed by atoms with E-state index in [0.29, 0.717) is 29.1 Å². The fourth-order valence-corrected chi connectivity index (χ4v) is 3.00. The fraction of sp³-hybridized carbons (Fsp3) is 0.190. The summed E-state index contributed by atoms with van der Waals surface area (Å²) in [5.41, 5.74) is 1.64. The van der Waals surface area contributed by atoms with Crippen molar-refractivity contribution in [2.75, 3.05) is 6.61 Å². The lowest BCUT2D eigenvalue weighted by molar-refractivity contribution is -0.384. The van der Waals surface area contributed by atoms with E-state index in [4.69, 9.17) is 18.3 Å². The Bertz CT molecular complexity index is 1260. The average Bonchev–Trinajstić information content (AvgIpc) is 3.37. The number of aromatic nitrogens is 2. The first-order valence-corrected chi connectivity index (χ1v) is 9.36. The van der Waals surface area contributed by atoms with Crippen LogP contribution < -0.4 is 4.74 Å². The highest BCUT2D eigenvalue weighted by molar-refractivity contribution is 5.96. The number of fused-ring (bicyclic) bond motifs is 1. The molecule has 31 heavy (non-hydrogen) atoms. The van der Waals surface area contributed by atoms with Crippen molar-refractivity contribution >= 4 is 22.6 Å². The van der Waals surface area contributed by atoms with Crippen molar-refractivity contribution in [3.8, 4) is 17.2 Å². The van der Waals surface area contributed by atoms with E-state index in [1.54, 1.807) is 19.1 Å². The summed E-state index contributed by atoms with van der Waals surface area (Å²) in [6.07, 6.45) is 0. The first-order chi connectivity index (χ1) is 15.0. The van der Waals surface area contributed by atoms with Gasteiger partial charge in [-0.3, -0.25) is 10.1 Å². The number of hydrogen-bond acceptors (Lipinski definition) is 9. The molecule has 0 aliphatic heterocycles. The molecule has 10 nitrogen and oxygen atoms in total. The van der Waals surface area contributed by atoms with E-state index in [-0.39, 0.29) is 29.8 Å². The summed E-state index contributed by atoms with van der Waals surface area (Å²) in [5, 5.41) is 19.2. The minimum absolute atomic E-state index is 0.0491. The second-order valence-corrected chi connectivity index (χ2v) is 6.53. The Balaban J connectivity index is 1.45. The van der Waals surface area contributed by atoms with E-state index in [0.717, 1.165) is 5.39 Å². The predicted octanol–water partition coefficient (Wildman–Crippen LogP) is 4.46. The Morgan fingerprint density at radius 3 is 2.61 bits per heavy atom. The van der Waals surface area contributed by atoms with Crippen molar-refractivity contribution in [1.29, 1.82) is 0 Å². The van der Waals surface area contributed by atoms with Crippen LogP contribution in [0.3, 0.4) is 0 Å². The van der Waals surface area contributed by atoms with Crippen molar-refractivity contribution < 1.29 is 28.0 Å². The van der Waals surface area contributed by atoms with Crippen LogP contribution in [-0.4, -0.2) is 27.7 Å². The highest BCUT2D eigenvalue weighted by Gasteiger charge is 2.21. The summed E-state index contributed by atoms with van der Waals surface area (Å²) in [7, 11) is 0. The molecule has 0 fully saturated rings. The number of carbonyl (C=O) groups is 1. The van der Waals surface area contributed by atoms with Gasteiger partial charge in [-0.15, -0.1) is 10.2 Å². The second-order valence-electron chi connectivity index (χ2n) is 6.53. The molecule has 2 aromatic heterocycles. The van der Waals surface area contributed by atoms with Crippen molar-refractivity contribution in [2.24, 2.45) is 0 Å². The van der Waals surface area contributed by atoms with Gasteiger partial charge in [0.25, 0.3) is 11.6 Å². The van der Waals surface area contributed by atoms with Crippen LogP contribution in [0.15, 0.2) is 51.3 Å². The lowest BCUT2D eigenvalue weighted by Crippen LogP contribution is -2.05. The van der Waals surface area contributed by atoms with E-state index in [2.05, 4.69) is 10.2 Å². The topological polar surface area (TPSA) is 131 Å². The molecule has 158 valence electrons. The van der Waals surface area contributed by atoms with E-state index in [1.165, 1.54) is 24.3 Å². The second kappa shape index (κ2) is 8.27. The Morgan fingerprint density at radius 1 is 1.13 bits per heavy atom. The van der Waals surface area contributed by atoms with Gasteiger partial charge in [0.2, 0.25) is 11.7 Å². The van der Waals surface area contributed by atoms with Gasteiger partial charge in [-0.1, -0.05) is 0 Å². The number of non-ortho nitro benzene ring substituents is 1. The summed E-state index contributed by atoms with van der Waals surface area (Å²) in [6.45, 7) is 3.93. The molecule has 4 rings (SSSR count). The molecule has 2 heterocycles. The largest absolute Gasteiger partial charge is 0.494 e. The molecule has 10 heteroatoms. The molecule has 0 N–H and O–H groups in total. The monoisotopic (exact) mass is 423 g/mol. The van der Waals surface area contributed by atoms with Gasteiger partial charge >= 0.3 is 5.97 Å². The summed E-state index contributed by atoms with van der Waals surface area (Å²) < 4.78 is 21.8. The summed E-state index contributed by atoms with van der Waals surface area (Å²) >= 11 is 0. The van der Waals surface area contributed by atoms with Crippen LogP contribution in [-0.2, 0) is 11.3 Å². The van der Waals surface area contributed by atoms with E-state index in [1.807, 2.05) is 13.0 Å². The number of rotatable bonds is 7. The normalized spacial score (nSPS) is 10.9. The fourth-order valence-electron chi connectivity index (χ4n) is 3.00. The van der Waals surface area contributed by atoms with Crippen LogP contribution in [0, 0.1) is 17.0 Å². The number of furan rings is 1. The molecular weight excluding hydrogens is 406 g/mol. The molecule has 0 spiro atoms. The van der Waals surface area contributed by atoms with Crippen LogP contribution >= 0.6 is 0 Å². The molecule has 0 aliphatic carbocycles. The zero-order valence-corrected chi connectivity index (χ0v) is 16.7. The first-order valence-electron chi connectivity index (χ1n) is 9.36. The van der Waals surface area contributed by atoms with Crippen molar-refractivity contribution in [3.63, 3.8) is 0 Å². The molecule has 0 atom stereocenters. The first kappa shape index (κ1) is 20.1. The lowest BCUT2D eigenvalue weighted by Gasteiger charge is -2.01. The minimum Gasteiger partial charge on any atom is -0.494 e. The van der Waals surface area contributed by atoms with Gasteiger partial charge in [-0.05, 0) is 44.2 Å². The highest BCUT2D eigenvalue weighted by atomic mass is 16.6. The van der Waals surface area contributed by atoms with Crippen LogP contribution in [0.2, 0.25) is 0 Å². The number of esters is 1. The van der Waals surface area contributed by atoms with Gasteiger partial charge in [0, 0.05) is 28.6 Å². The van der Waals surface area contributed by atoms with Gasteiger partial charge < -0.3 is 18.3 Å². The number of nitrogens with zero attached hydrogens (tertiary/aromatic N) is 3. The van der Waals surface area contributed by atoms with Gasteiger partial charge in [0.15, 0.2) is 6.61 Å². The maximum atomic E-state index is 12.5. The minimum atomic E-state index is -0.665. The number of nitro benzene ring substituents is 1. The third kappa shape index (κ3) is 4.08. The molecule has 0 bridgehead atoms. The number of hydrogen-bond donors (Lipinski definition) is 0. The summed E-state index contributed by atoms with van der Waals surface area (Å²) in [6, 6.07) is 11.0. The molecule has 0 radical (unpaired) electrons. The predicted molar refractivity (Wildman–Crippen MR) is 108 cm³/mol. The van der Waals surface area contributed by atoms with Crippen LogP contribution in [0.4, 0.5) is 5.69 Å². The third-order valence-corrected chi connectivity index (χ3v) is 4.52. The Hall–Kier alpha value is -4.21. The Morgan fingerprint density at radius 2 is 1.90 bits per heavy atom. The van der Waals surface area contributed by atoms with Crippen LogP contribution in [0.5, 0.6) is 5.75 Å². The number of ether oxygens (including phenoxy) is 2. The molecule has 0 saturated heterocycles. The van der Waals surface area contributed by atoms with Crippen LogP contribution in [0.1, 0.15) is 28.9 Å². The van der Waals surface area contributed by atoms with E-state index >= 15 is 0 Å². The van der Waals surface area contributed by atoms with Gasteiger partial charge in [0.05, 0.1) is 11.5 Å². The molecule has 2 aromatic carbocycles. The Kier molecular flexibility index (Phi) is 5.35. The van der Waals surface area contributed by atoms with Gasteiger partial charge in [-0.25, -0.2) is 4.79 Å². The molecule has 4 aromatic rings. The number of carbonyl (C=O) groups excluding carboxylic acids is 1. The van der Waals surface area contributed by atoms with Crippen LogP contribution in [0.25, 0.3) is 22.4 Å². The number of benzene rings is 2. The molecule has 0 aliphatic rings. The quantitative estimate of drug-likeness (QED) is 0.240. The average molecular weight is 423 g/mol. The number of aryl methyl sites for hydroxylation is 1. The smallest absolute Gasteiger partial charge is 0.375 e. The summed E-state index contributed by atoms with van der Waals surface area (Å²) in [4.78, 5) is 22.7. The standard InChI is InChI=1S/C21H17N3O7/c1-3-28-15-8-9-17-16(10-15)12(2)19(30-17)21(25)29-11-18-22-23-20(31-18)13-4-6-14(7-5-13)24(26)27/h4-10H,3,11H2,1-2H3. The molecule has 0 amide bonds. The molecule has 0 unspecified atom stereocenters.